The Morgan fingerprint density at radius 2 is 2.00 bits per heavy atom. The van der Waals surface area contributed by atoms with Gasteiger partial charge in [0.05, 0.1) is 13.0 Å². The Balaban J connectivity index is 2.77. The molecular weight excluding hydrogens is 230 g/mol. The quantitative estimate of drug-likeness (QED) is 0.780. The van der Waals surface area contributed by atoms with Crippen LogP contribution in [0, 0.1) is 0 Å². The number of carboxylic acids is 1. The average Bonchev–Trinajstić information content (AvgIpc) is 2.34. The van der Waals surface area contributed by atoms with Crippen molar-refractivity contribution in [3.63, 3.8) is 0 Å². The lowest BCUT2D eigenvalue weighted by Crippen LogP contribution is -2.26. The molecule has 0 saturated heterocycles. The van der Waals surface area contributed by atoms with Crippen LogP contribution in [0.25, 0.3) is 0 Å². The summed E-state index contributed by atoms with van der Waals surface area (Å²) in [6.45, 7) is 4.56. The van der Waals surface area contributed by atoms with Crippen molar-refractivity contribution in [2.45, 2.75) is 38.6 Å². The van der Waals surface area contributed by atoms with Crippen LogP contribution in [0.4, 0.5) is 0 Å². The van der Waals surface area contributed by atoms with Crippen molar-refractivity contribution in [3.8, 4) is 5.75 Å². The fourth-order valence-corrected chi connectivity index (χ4v) is 1.83. The van der Waals surface area contributed by atoms with Gasteiger partial charge in [-0.2, -0.15) is 0 Å². The predicted octanol–water partition coefficient (Wildman–Crippen LogP) is 2.38. The fourth-order valence-electron chi connectivity index (χ4n) is 1.83. The van der Waals surface area contributed by atoms with Crippen LogP contribution in [0.15, 0.2) is 24.3 Å². The van der Waals surface area contributed by atoms with Crippen LogP contribution in [0.3, 0.4) is 0 Å². The van der Waals surface area contributed by atoms with Crippen LogP contribution < -0.4 is 10.5 Å². The summed E-state index contributed by atoms with van der Waals surface area (Å²) in [7, 11) is 0. The molecule has 18 heavy (non-hydrogen) atoms. The standard InChI is InChI=1S/C14H21NO3/c1-3-8-18-12-6-4-11(5-7-12)13(10(2)15)9-14(16)17/h4-7,10,13H,3,8-9,15H2,1-2H3,(H,16,17). The van der Waals surface area contributed by atoms with E-state index in [9.17, 15) is 4.79 Å². The molecule has 0 aliphatic rings. The van der Waals surface area contributed by atoms with E-state index in [4.69, 9.17) is 15.6 Å². The lowest BCUT2D eigenvalue weighted by atomic mass is 9.90. The van der Waals surface area contributed by atoms with E-state index in [2.05, 4.69) is 0 Å². The summed E-state index contributed by atoms with van der Waals surface area (Å²) in [6.07, 6.45) is 1.01. The molecule has 4 heteroatoms. The Morgan fingerprint density at radius 3 is 2.44 bits per heavy atom. The molecule has 1 aromatic rings. The Bertz CT molecular complexity index is 373. The normalized spacial score (nSPS) is 13.9. The SMILES string of the molecule is CCCOc1ccc(C(CC(=O)O)C(C)N)cc1. The highest BCUT2D eigenvalue weighted by molar-refractivity contribution is 5.68. The minimum atomic E-state index is -0.830. The van der Waals surface area contributed by atoms with Gasteiger partial charge in [-0.1, -0.05) is 19.1 Å². The third-order valence-corrected chi connectivity index (χ3v) is 2.81. The summed E-state index contributed by atoms with van der Waals surface area (Å²) in [5.74, 6) is -0.189. The summed E-state index contributed by atoms with van der Waals surface area (Å²) in [5, 5.41) is 8.88. The number of carbonyl (C=O) groups is 1. The van der Waals surface area contributed by atoms with Crippen LogP contribution in [0.1, 0.15) is 38.2 Å². The molecule has 2 unspecified atom stereocenters. The van der Waals surface area contributed by atoms with Crippen LogP contribution >= 0.6 is 0 Å². The first-order chi connectivity index (χ1) is 8.54. The smallest absolute Gasteiger partial charge is 0.304 e. The topological polar surface area (TPSA) is 72.5 Å². The first-order valence-corrected chi connectivity index (χ1v) is 6.24. The number of ether oxygens (including phenoxy) is 1. The summed E-state index contributed by atoms with van der Waals surface area (Å²) >= 11 is 0. The number of hydrogen-bond acceptors (Lipinski definition) is 3. The molecule has 0 bridgehead atoms. The number of hydrogen-bond donors (Lipinski definition) is 2. The van der Waals surface area contributed by atoms with Gasteiger partial charge >= 0.3 is 5.97 Å². The van der Waals surface area contributed by atoms with Crippen molar-refractivity contribution >= 4 is 5.97 Å². The summed E-state index contributed by atoms with van der Waals surface area (Å²) in [5.41, 5.74) is 6.78. The van der Waals surface area contributed by atoms with Crippen molar-refractivity contribution in [1.82, 2.24) is 0 Å². The Morgan fingerprint density at radius 1 is 1.39 bits per heavy atom. The molecule has 0 saturated carbocycles. The highest BCUT2D eigenvalue weighted by Gasteiger charge is 2.19. The predicted molar refractivity (Wildman–Crippen MR) is 70.9 cm³/mol. The van der Waals surface area contributed by atoms with E-state index < -0.39 is 5.97 Å². The summed E-state index contributed by atoms with van der Waals surface area (Å²) in [4.78, 5) is 10.8. The van der Waals surface area contributed by atoms with Crippen molar-refractivity contribution in [1.29, 1.82) is 0 Å². The van der Waals surface area contributed by atoms with Crippen molar-refractivity contribution in [2.75, 3.05) is 6.61 Å². The van der Waals surface area contributed by atoms with Crippen LogP contribution in [-0.4, -0.2) is 23.7 Å². The van der Waals surface area contributed by atoms with Gasteiger partial charge in [0.15, 0.2) is 0 Å². The minimum Gasteiger partial charge on any atom is -0.494 e. The molecule has 0 aliphatic carbocycles. The monoisotopic (exact) mass is 251 g/mol. The molecule has 1 rings (SSSR count). The van der Waals surface area contributed by atoms with E-state index in [1.54, 1.807) is 0 Å². The molecule has 2 atom stereocenters. The van der Waals surface area contributed by atoms with E-state index in [0.717, 1.165) is 17.7 Å². The Kier molecular flexibility index (Phi) is 5.65. The van der Waals surface area contributed by atoms with Gasteiger partial charge in [0.1, 0.15) is 5.75 Å². The second-order valence-corrected chi connectivity index (χ2v) is 4.48. The lowest BCUT2D eigenvalue weighted by molar-refractivity contribution is -0.137. The van der Waals surface area contributed by atoms with Crippen molar-refractivity contribution in [2.24, 2.45) is 5.73 Å². The molecule has 0 radical (unpaired) electrons. The maximum Gasteiger partial charge on any atom is 0.304 e. The zero-order chi connectivity index (χ0) is 13.5. The van der Waals surface area contributed by atoms with Gasteiger partial charge in [-0.15, -0.1) is 0 Å². The lowest BCUT2D eigenvalue weighted by Gasteiger charge is -2.19. The van der Waals surface area contributed by atoms with Gasteiger partial charge in [0.2, 0.25) is 0 Å². The minimum absolute atomic E-state index is 0.0484. The largest absolute Gasteiger partial charge is 0.494 e. The molecular formula is C14H21NO3. The van der Waals surface area contributed by atoms with Crippen LogP contribution in [0.2, 0.25) is 0 Å². The molecule has 0 fully saturated rings. The third-order valence-electron chi connectivity index (χ3n) is 2.81. The van der Waals surface area contributed by atoms with Gasteiger partial charge in [-0.05, 0) is 31.0 Å². The molecule has 3 N–H and O–H groups in total. The zero-order valence-corrected chi connectivity index (χ0v) is 10.9. The summed E-state index contributed by atoms with van der Waals surface area (Å²) < 4.78 is 5.48. The Hall–Kier alpha value is -1.55. The first kappa shape index (κ1) is 14.5. The molecule has 100 valence electrons. The average molecular weight is 251 g/mol. The maximum atomic E-state index is 10.8. The van der Waals surface area contributed by atoms with E-state index in [-0.39, 0.29) is 18.4 Å². The number of carboxylic acid groups (broad SMARTS) is 1. The molecule has 0 aliphatic heterocycles. The number of benzene rings is 1. The van der Waals surface area contributed by atoms with E-state index >= 15 is 0 Å². The number of aliphatic carboxylic acids is 1. The second-order valence-electron chi connectivity index (χ2n) is 4.48. The number of rotatable bonds is 7. The molecule has 0 spiro atoms. The number of nitrogens with two attached hydrogens (primary N) is 1. The summed E-state index contributed by atoms with van der Waals surface area (Å²) in [6, 6.07) is 7.32. The van der Waals surface area contributed by atoms with Gasteiger partial charge in [-0.25, -0.2) is 0 Å². The fraction of sp³-hybridized carbons (Fsp3) is 0.500. The van der Waals surface area contributed by atoms with E-state index in [1.807, 2.05) is 38.1 Å². The van der Waals surface area contributed by atoms with Gasteiger partial charge < -0.3 is 15.6 Å². The van der Waals surface area contributed by atoms with Crippen LogP contribution in [-0.2, 0) is 4.79 Å². The van der Waals surface area contributed by atoms with Crippen molar-refractivity contribution < 1.29 is 14.6 Å². The molecule has 1 aromatic carbocycles. The molecule has 0 amide bonds. The Labute approximate surface area is 108 Å². The highest BCUT2D eigenvalue weighted by atomic mass is 16.5. The van der Waals surface area contributed by atoms with E-state index in [1.165, 1.54) is 0 Å². The highest BCUT2D eigenvalue weighted by Crippen LogP contribution is 2.24. The second kappa shape index (κ2) is 7.01. The molecule has 0 heterocycles. The first-order valence-electron chi connectivity index (χ1n) is 6.24. The molecule has 0 aromatic heterocycles. The molecule has 4 nitrogen and oxygen atoms in total. The maximum absolute atomic E-state index is 10.8. The van der Waals surface area contributed by atoms with Gasteiger partial charge in [0, 0.05) is 12.0 Å². The van der Waals surface area contributed by atoms with E-state index in [0.29, 0.717) is 6.61 Å². The van der Waals surface area contributed by atoms with Crippen LogP contribution in [0.5, 0.6) is 5.75 Å². The van der Waals surface area contributed by atoms with Gasteiger partial charge in [0.25, 0.3) is 0 Å². The van der Waals surface area contributed by atoms with Gasteiger partial charge in [-0.3, -0.25) is 4.79 Å². The zero-order valence-electron chi connectivity index (χ0n) is 10.9. The third kappa shape index (κ3) is 4.37. The van der Waals surface area contributed by atoms with Crippen molar-refractivity contribution in [3.05, 3.63) is 29.8 Å².